The van der Waals surface area contributed by atoms with Gasteiger partial charge in [-0.3, -0.25) is 0 Å². The van der Waals surface area contributed by atoms with Crippen molar-refractivity contribution in [3.63, 3.8) is 0 Å². The molecular weight excluding hydrogens is 219 g/mol. The van der Waals surface area contributed by atoms with Crippen LogP contribution in [0.3, 0.4) is 0 Å². The number of halogens is 3. The highest BCUT2D eigenvalue weighted by atomic mass is 19.2. The summed E-state index contributed by atoms with van der Waals surface area (Å²) in [4.78, 5) is 0. The van der Waals surface area contributed by atoms with Gasteiger partial charge in [0.2, 0.25) is 0 Å². The standard InChI is InChI=1S/C11H12F3NO/c12-7-4-6(5-8(13)11(7)14)15-9-2-1-3-10(9)16/h4-5,9-10,15-16H,1-3H2. The molecule has 0 spiro atoms. The molecule has 88 valence electrons. The molecule has 2 N–H and O–H groups in total. The average Bonchev–Trinajstić information content (AvgIpc) is 2.61. The normalized spacial score (nSPS) is 24.8. The molecule has 0 heterocycles. The van der Waals surface area contributed by atoms with Gasteiger partial charge >= 0.3 is 0 Å². The van der Waals surface area contributed by atoms with Crippen LogP contribution in [0.2, 0.25) is 0 Å². The van der Waals surface area contributed by atoms with Gasteiger partial charge in [0.25, 0.3) is 0 Å². The van der Waals surface area contributed by atoms with Gasteiger partial charge in [0.1, 0.15) is 0 Å². The lowest BCUT2D eigenvalue weighted by molar-refractivity contribution is 0.172. The molecule has 1 aromatic rings. The maximum atomic E-state index is 12.9. The molecule has 0 aliphatic heterocycles. The lowest BCUT2D eigenvalue weighted by Gasteiger charge is -2.17. The van der Waals surface area contributed by atoms with Crippen molar-refractivity contribution in [2.75, 3.05) is 5.32 Å². The predicted molar refractivity (Wildman–Crippen MR) is 53.6 cm³/mol. The van der Waals surface area contributed by atoms with Gasteiger partial charge in [0.05, 0.1) is 12.1 Å². The van der Waals surface area contributed by atoms with Crippen LogP contribution in [0.5, 0.6) is 0 Å². The van der Waals surface area contributed by atoms with Crippen molar-refractivity contribution in [3.8, 4) is 0 Å². The van der Waals surface area contributed by atoms with Crippen molar-refractivity contribution in [3.05, 3.63) is 29.6 Å². The Morgan fingerprint density at radius 2 is 1.75 bits per heavy atom. The van der Waals surface area contributed by atoms with Crippen molar-refractivity contribution in [1.29, 1.82) is 0 Å². The van der Waals surface area contributed by atoms with Crippen molar-refractivity contribution < 1.29 is 18.3 Å². The summed E-state index contributed by atoms with van der Waals surface area (Å²) in [6.07, 6.45) is 1.76. The first-order valence-electron chi connectivity index (χ1n) is 5.17. The van der Waals surface area contributed by atoms with E-state index < -0.39 is 23.6 Å². The van der Waals surface area contributed by atoms with Crippen LogP contribution in [-0.2, 0) is 0 Å². The lowest BCUT2D eigenvalue weighted by Crippen LogP contribution is -2.28. The van der Waals surface area contributed by atoms with E-state index in [4.69, 9.17) is 0 Å². The average molecular weight is 231 g/mol. The number of rotatable bonds is 2. The minimum Gasteiger partial charge on any atom is -0.391 e. The third-order valence-electron chi connectivity index (χ3n) is 2.82. The van der Waals surface area contributed by atoms with Crippen LogP contribution in [0, 0.1) is 17.5 Å². The summed E-state index contributed by atoms with van der Waals surface area (Å²) in [6.45, 7) is 0. The first-order valence-corrected chi connectivity index (χ1v) is 5.17. The Morgan fingerprint density at radius 3 is 2.25 bits per heavy atom. The molecule has 1 fully saturated rings. The number of hydrogen-bond acceptors (Lipinski definition) is 2. The summed E-state index contributed by atoms with van der Waals surface area (Å²) < 4.78 is 38.5. The van der Waals surface area contributed by atoms with E-state index in [1.54, 1.807) is 0 Å². The Hall–Kier alpha value is -1.23. The Kier molecular flexibility index (Phi) is 3.05. The molecule has 5 heteroatoms. The van der Waals surface area contributed by atoms with E-state index in [-0.39, 0.29) is 11.7 Å². The smallest absolute Gasteiger partial charge is 0.194 e. The second kappa shape index (κ2) is 4.33. The molecule has 2 rings (SSSR count). The molecule has 1 aliphatic carbocycles. The van der Waals surface area contributed by atoms with Gasteiger partial charge in [-0.25, -0.2) is 13.2 Å². The summed E-state index contributed by atoms with van der Waals surface area (Å²) in [7, 11) is 0. The van der Waals surface area contributed by atoms with Gasteiger partial charge in [-0.1, -0.05) is 0 Å². The molecule has 2 unspecified atom stereocenters. The number of benzene rings is 1. The fourth-order valence-electron chi connectivity index (χ4n) is 1.96. The van der Waals surface area contributed by atoms with Crippen LogP contribution >= 0.6 is 0 Å². The fraction of sp³-hybridized carbons (Fsp3) is 0.455. The predicted octanol–water partition coefficient (Wildman–Crippen LogP) is 2.43. The molecule has 0 aromatic heterocycles. The SMILES string of the molecule is OC1CCCC1Nc1cc(F)c(F)c(F)c1. The number of aliphatic hydroxyl groups is 1. The Balaban J connectivity index is 2.15. The van der Waals surface area contributed by atoms with Gasteiger partial charge < -0.3 is 10.4 Å². The highest BCUT2D eigenvalue weighted by molar-refractivity contribution is 5.45. The van der Waals surface area contributed by atoms with Gasteiger partial charge in [-0.05, 0) is 19.3 Å². The second-order valence-corrected chi connectivity index (χ2v) is 4.00. The molecule has 0 amide bonds. The van der Waals surface area contributed by atoms with Crippen molar-refractivity contribution in [2.45, 2.75) is 31.4 Å². The molecule has 16 heavy (non-hydrogen) atoms. The summed E-state index contributed by atoms with van der Waals surface area (Å²) in [6, 6.07) is 1.57. The molecule has 0 bridgehead atoms. The number of nitrogens with one attached hydrogen (secondary N) is 1. The Bertz CT molecular complexity index is 374. The fourth-order valence-corrected chi connectivity index (χ4v) is 1.96. The zero-order chi connectivity index (χ0) is 11.7. The molecule has 1 aliphatic rings. The van der Waals surface area contributed by atoms with E-state index in [1.165, 1.54) is 0 Å². The maximum absolute atomic E-state index is 12.9. The number of hydrogen-bond donors (Lipinski definition) is 2. The van der Waals surface area contributed by atoms with E-state index >= 15 is 0 Å². The van der Waals surface area contributed by atoms with Crippen LogP contribution in [0.1, 0.15) is 19.3 Å². The molecule has 0 saturated heterocycles. The molecule has 1 saturated carbocycles. The largest absolute Gasteiger partial charge is 0.391 e. The highest BCUT2D eigenvalue weighted by Gasteiger charge is 2.25. The zero-order valence-electron chi connectivity index (χ0n) is 8.51. The van der Waals surface area contributed by atoms with E-state index in [9.17, 15) is 18.3 Å². The Labute approximate surface area is 91.1 Å². The van der Waals surface area contributed by atoms with Gasteiger partial charge in [0.15, 0.2) is 17.5 Å². The molecular formula is C11H12F3NO. The second-order valence-electron chi connectivity index (χ2n) is 4.00. The summed E-state index contributed by atoms with van der Waals surface area (Å²) in [5.41, 5.74) is 0.155. The molecule has 2 nitrogen and oxygen atoms in total. The monoisotopic (exact) mass is 231 g/mol. The third-order valence-corrected chi connectivity index (χ3v) is 2.82. The van der Waals surface area contributed by atoms with Gasteiger partial charge in [0, 0.05) is 17.8 Å². The summed E-state index contributed by atoms with van der Waals surface area (Å²) in [5.74, 6) is -3.93. The van der Waals surface area contributed by atoms with Crippen LogP contribution in [0.25, 0.3) is 0 Å². The topological polar surface area (TPSA) is 32.3 Å². The Morgan fingerprint density at radius 1 is 1.12 bits per heavy atom. The van der Waals surface area contributed by atoms with Crippen LogP contribution < -0.4 is 5.32 Å². The van der Waals surface area contributed by atoms with Crippen molar-refractivity contribution in [2.24, 2.45) is 0 Å². The van der Waals surface area contributed by atoms with Crippen LogP contribution in [0.15, 0.2) is 12.1 Å². The summed E-state index contributed by atoms with van der Waals surface area (Å²) >= 11 is 0. The molecule has 0 radical (unpaired) electrons. The van der Waals surface area contributed by atoms with E-state index in [0.29, 0.717) is 6.42 Å². The molecule has 2 atom stereocenters. The van der Waals surface area contributed by atoms with Crippen molar-refractivity contribution in [1.82, 2.24) is 0 Å². The highest BCUT2D eigenvalue weighted by Crippen LogP contribution is 2.24. The first kappa shape index (κ1) is 11.3. The lowest BCUT2D eigenvalue weighted by atomic mass is 10.2. The minimum atomic E-state index is -1.47. The number of aliphatic hydroxyl groups excluding tert-OH is 1. The molecule has 1 aromatic carbocycles. The van der Waals surface area contributed by atoms with Crippen molar-refractivity contribution >= 4 is 5.69 Å². The maximum Gasteiger partial charge on any atom is 0.194 e. The first-order chi connectivity index (χ1) is 7.58. The van der Waals surface area contributed by atoms with Crippen LogP contribution in [0.4, 0.5) is 18.9 Å². The van der Waals surface area contributed by atoms with E-state index in [2.05, 4.69) is 5.32 Å². The van der Waals surface area contributed by atoms with E-state index in [0.717, 1.165) is 25.0 Å². The van der Waals surface area contributed by atoms with Gasteiger partial charge in [-0.2, -0.15) is 0 Å². The van der Waals surface area contributed by atoms with E-state index in [1.807, 2.05) is 0 Å². The minimum absolute atomic E-state index is 0.155. The third kappa shape index (κ3) is 2.14. The number of anilines is 1. The van der Waals surface area contributed by atoms with Crippen LogP contribution in [-0.4, -0.2) is 17.3 Å². The zero-order valence-corrected chi connectivity index (χ0v) is 8.51. The quantitative estimate of drug-likeness (QED) is 0.766. The summed E-state index contributed by atoms with van der Waals surface area (Å²) in [5, 5.41) is 12.3. The van der Waals surface area contributed by atoms with Gasteiger partial charge in [-0.15, -0.1) is 0 Å².